The van der Waals surface area contributed by atoms with Crippen molar-refractivity contribution in [3.8, 4) is 0 Å². The van der Waals surface area contributed by atoms with Crippen LogP contribution in [0.25, 0.3) is 0 Å². The summed E-state index contributed by atoms with van der Waals surface area (Å²) < 4.78 is 4.78. The van der Waals surface area contributed by atoms with Crippen LogP contribution in [-0.2, 0) is 9.53 Å². The van der Waals surface area contributed by atoms with Crippen molar-refractivity contribution in [1.29, 1.82) is 0 Å². The second-order valence-corrected chi connectivity index (χ2v) is 2.41. The van der Waals surface area contributed by atoms with Crippen LogP contribution in [0.4, 0.5) is 0 Å². The predicted octanol–water partition coefficient (Wildman–Crippen LogP) is -2.87. The van der Waals surface area contributed by atoms with Crippen LogP contribution < -0.4 is 34.7 Å². The molecule has 0 aromatic heterocycles. The average molecular weight is 176 g/mol. The van der Waals surface area contributed by atoms with Crippen LogP contribution in [-0.4, -0.2) is 12.1 Å². The van der Waals surface area contributed by atoms with Crippen molar-refractivity contribution in [2.75, 3.05) is 0 Å². The third kappa shape index (κ3) is 2.75. The first-order chi connectivity index (χ1) is 5.11. The van der Waals surface area contributed by atoms with Crippen LogP contribution in [0.1, 0.15) is 13.8 Å². The van der Waals surface area contributed by atoms with Gasteiger partial charge in [0.15, 0.2) is 5.78 Å². The minimum Gasteiger partial charge on any atom is -0.818 e. The fourth-order valence-electron chi connectivity index (χ4n) is 0.841. The van der Waals surface area contributed by atoms with Crippen LogP contribution >= 0.6 is 0 Å². The first kappa shape index (κ1) is 11.9. The summed E-state index contributed by atoms with van der Waals surface area (Å²) in [5, 5.41) is 11.0. The van der Waals surface area contributed by atoms with Gasteiger partial charge in [0.05, 0.1) is 12.0 Å². The van der Waals surface area contributed by atoms with E-state index in [-0.39, 0.29) is 40.9 Å². The maximum atomic E-state index is 11.0. The number of ether oxygens (including phenoxy) is 1. The summed E-state index contributed by atoms with van der Waals surface area (Å²) in [6.45, 7) is 3.03. The second kappa shape index (κ2) is 4.82. The van der Waals surface area contributed by atoms with E-state index >= 15 is 0 Å². The van der Waals surface area contributed by atoms with Crippen molar-refractivity contribution in [2.45, 2.75) is 20.1 Å². The van der Waals surface area contributed by atoms with Gasteiger partial charge >= 0.3 is 29.6 Å². The summed E-state index contributed by atoms with van der Waals surface area (Å²) in [5.74, 6) is 0.323. The van der Waals surface area contributed by atoms with Crippen LogP contribution in [0, 0.1) is 0 Å². The van der Waals surface area contributed by atoms with Crippen molar-refractivity contribution in [1.82, 2.24) is 0 Å². The van der Waals surface area contributed by atoms with E-state index in [9.17, 15) is 9.90 Å². The van der Waals surface area contributed by atoms with Crippen molar-refractivity contribution < 1.29 is 44.2 Å². The van der Waals surface area contributed by atoms with Gasteiger partial charge in [0.2, 0.25) is 0 Å². The molecule has 0 spiro atoms. The summed E-state index contributed by atoms with van der Waals surface area (Å²) in [6.07, 6.45) is 1.79. The Bertz CT molecular complexity index is 243. The largest absolute Gasteiger partial charge is 1.00 e. The standard InChI is InChI=1S/C8H9O3.Na/c1-5-3-4-7(6(2)9)8(10)11-5;/h3-4,8H,1-2H3;/q-1;+1. The Morgan fingerprint density at radius 1 is 1.58 bits per heavy atom. The number of carbonyl (C=O) groups is 1. The van der Waals surface area contributed by atoms with Gasteiger partial charge in [0, 0.05) is 5.57 Å². The fourth-order valence-corrected chi connectivity index (χ4v) is 0.841. The Balaban J connectivity index is 0.00000121. The molecule has 0 aromatic rings. The molecule has 4 heteroatoms. The topological polar surface area (TPSA) is 49.4 Å². The zero-order valence-corrected chi connectivity index (χ0v) is 9.46. The molecule has 3 nitrogen and oxygen atoms in total. The Morgan fingerprint density at radius 2 is 2.17 bits per heavy atom. The summed E-state index contributed by atoms with van der Waals surface area (Å²) in [7, 11) is 0. The van der Waals surface area contributed by atoms with Crippen LogP contribution in [0.2, 0.25) is 0 Å². The third-order valence-electron chi connectivity index (χ3n) is 1.45. The fraction of sp³-hybridized carbons (Fsp3) is 0.375. The van der Waals surface area contributed by atoms with Gasteiger partial charge in [-0.15, -0.1) is 0 Å². The average Bonchev–Trinajstić information content (AvgIpc) is 1.85. The zero-order chi connectivity index (χ0) is 8.43. The van der Waals surface area contributed by atoms with Crippen LogP contribution in [0.15, 0.2) is 23.5 Å². The van der Waals surface area contributed by atoms with E-state index in [2.05, 4.69) is 0 Å². The molecule has 1 heterocycles. The smallest absolute Gasteiger partial charge is 0.818 e. The number of carbonyl (C=O) groups excluding carboxylic acids is 1. The molecule has 1 aliphatic rings. The van der Waals surface area contributed by atoms with Crippen LogP contribution in [0.3, 0.4) is 0 Å². The maximum absolute atomic E-state index is 11.0. The third-order valence-corrected chi connectivity index (χ3v) is 1.45. The zero-order valence-electron chi connectivity index (χ0n) is 7.46. The first-order valence-corrected chi connectivity index (χ1v) is 3.33. The molecule has 12 heavy (non-hydrogen) atoms. The van der Waals surface area contributed by atoms with Gasteiger partial charge in [-0.05, 0) is 26.0 Å². The molecule has 0 saturated carbocycles. The number of allylic oxidation sites excluding steroid dienone is 3. The van der Waals surface area contributed by atoms with E-state index in [4.69, 9.17) is 4.74 Å². The first-order valence-electron chi connectivity index (χ1n) is 3.33. The van der Waals surface area contributed by atoms with Crippen molar-refractivity contribution in [3.05, 3.63) is 23.5 Å². The maximum Gasteiger partial charge on any atom is 1.00 e. The molecule has 1 aliphatic heterocycles. The Morgan fingerprint density at radius 3 is 2.58 bits per heavy atom. The summed E-state index contributed by atoms with van der Waals surface area (Å²) in [6, 6.07) is 0. The molecule has 0 amide bonds. The number of ketones is 1. The monoisotopic (exact) mass is 176 g/mol. The number of rotatable bonds is 1. The number of hydrogen-bond donors (Lipinski definition) is 0. The molecule has 0 aliphatic carbocycles. The van der Waals surface area contributed by atoms with Gasteiger partial charge in [0.1, 0.15) is 0 Å². The minimum atomic E-state index is -1.34. The van der Waals surface area contributed by atoms with Gasteiger partial charge in [-0.3, -0.25) is 4.79 Å². The Kier molecular flexibility index (Phi) is 4.78. The molecule has 1 rings (SSSR count). The molecule has 60 valence electrons. The van der Waals surface area contributed by atoms with E-state index in [1.165, 1.54) is 13.0 Å². The number of Topliss-reactive ketones (excluding diaryl/α,β-unsaturated/α-hetero) is 1. The van der Waals surface area contributed by atoms with Crippen molar-refractivity contribution >= 4 is 5.78 Å². The molecule has 0 N–H and O–H groups in total. The predicted molar refractivity (Wildman–Crippen MR) is 37.4 cm³/mol. The Hall–Kier alpha value is -0.0900. The number of hydrogen-bond acceptors (Lipinski definition) is 3. The molecule has 1 atom stereocenters. The quantitative estimate of drug-likeness (QED) is 0.403. The molecule has 0 aromatic carbocycles. The van der Waals surface area contributed by atoms with Gasteiger partial charge in [0.25, 0.3) is 0 Å². The Labute approximate surface area is 93.4 Å². The minimum absolute atomic E-state index is 0. The van der Waals surface area contributed by atoms with Crippen molar-refractivity contribution in [3.63, 3.8) is 0 Å². The molecular formula is C8H9NaO3. The second-order valence-electron chi connectivity index (χ2n) is 2.41. The SMILES string of the molecule is CC(=O)C1=CC=C(C)OC1[O-].[Na+]. The summed E-state index contributed by atoms with van der Waals surface area (Å²) in [4.78, 5) is 10.7. The normalized spacial score (nSPS) is 21.4. The van der Waals surface area contributed by atoms with E-state index < -0.39 is 6.29 Å². The summed E-state index contributed by atoms with van der Waals surface area (Å²) in [5.41, 5.74) is 0.190. The van der Waals surface area contributed by atoms with Crippen LogP contribution in [0.5, 0.6) is 0 Å². The van der Waals surface area contributed by atoms with Crippen molar-refractivity contribution in [2.24, 2.45) is 0 Å². The van der Waals surface area contributed by atoms with Gasteiger partial charge in [-0.2, -0.15) is 0 Å². The summed E-state index contributed by atoms with van der Waals surface area (Å²) >= 11 is 0. The van der Waals surface area contributed by atoms with Gasteiger partial charge < -0.3 is 9.84 Å². The molecule has 0 bridgehead atoms. The van der Waals surface area contributed by atoms with Gasteiger partial charge in [-0.1, -0.05) is 0 Å². The molecule has 1 unspecified atom stereocenters. The molecular weight excluding hydrogens is 167 g/mol. The molecule has 0 fully saturated rings. The molecule has 0 radical (unpaired) electrons. The van der Waals surface area contributed by atoms with E-state index in [1.807, 2.05) is 0 Å². The van der Waals surface area contributed by atoms with E-state index in [1.54, 1.807) is 13.0 Å². The molecule has 0 saturated heterocycles. The van der Waals surface area contributed by atoms with E-state index in [0.717, 1.165) is 0 Å². The van der Waals surface area contributed by atoms with Gasteiger partial charge in [-0.25, -0.2) is 0 Å². The van der Waals surface area contributed by atoms with E-state index in [0.29, 0.717) is 5.76 Å².